The molecule has 0 saturated carbocycles. The molecule has 234 valence electrons. The Kier molecular flexibility index (Phi) is 9.62. The molecule has 0 saturated heterocycles. The smallest absolute Gasteiger partial charge is 0.417 e. The molecule has 0 radical (unpaired) electrons. The predicted octanol–water partition coefficient (Wildman–Crippen LogP) is 7.53. The SMILES string of the molecule is CC(C)Oc1ccc(-n2c(C(=O)NCCNC(=O)OC(C)(C)C)c(Cl)c3cc(Oc4ccc(C(F)(F)F)cn4)ccc32)cc1. The fourth-order valence-electron chi connectivity index (χ4n) is 4.18. The quantitative estimate of drug-likeness (QED) is 0.185. The molecule has 0 bridgehead atoms. The number of nitrogens with one attached hydrogen (secondary N) is 2. The first kappa shape index (κ1) is 32.5. The lowest BCUT2D eigenvalue weighted by Gasteiger charge is -2.19. The molecule has 44 heavy (non-hydrogen) atoms. The van der Waals surface area contributed by atoms with Gasteiger partial charge >= 0.3 is 12.3 Å². The molecule has 2 amide bonds. The summed E-state index contributed by atoms with van der Waals surface area (Å²) in [4.78, 5) is 29.2. The van der Waals surface area contributed by atoms with Crippen molar-refractivity contribution >= 4 is 34.5 Å². The molecule has 0 fully saturated rings. The van der Waals surface area contributed by atoms with E-state index in [1.165, 1.54) is 0 Å². The third-order valence-electron chi connectivity index (χ3n) is 5.92. The minimum Gasteiger partial charge on any atom is -0.491 e. The molecule has 0 aliphatic carbocycles. The third-order valence-corrected chi connectivity index (χ3v) is 6.31. The molecule has 2 N–H and O–H groups in total. The predicted molar refractivity (Wildman–Crippen MR) is 160 cm³/mol. The number of pyridine rings is 1. The highest BCUT2D eigenvalue weighted by Gasteiger charge is 2.31. The van der Waals surface area contributed by atoms with E-state index in [2.05, 4.69) is 15.6 Å². The summed E-state index contributed by atoms with van der Waals surface area (Å²) in [6.07, 6.45) is -4.49. The maximum absolute atomic E-state index is 13.5. The lowest BCUT2D eigenvalue weighted by Crippen LogP contribution is -2.38. The van der Waals surface area contributed by atoms with Gasteiger partial charge in [0.15, 0.2) is 0 Å². The normalized spacial score (nSPS) is 11.9. The number of hydrogen-bond acceptors (Lipinski definition) is 6. The van der Waals surface area contributed by atoms with Crippen LogP contribution in [0.2, 0.25) is 5.02 Å². The van der Waals surface area contributed by atoms with E-state index in [1.54, 1.807) is 67.8 Å². The van der Waals surface area contributed by atoms with Crippen molar-refractivity contribution in [2.45, 2.75) is 52.5 Å². The van der Waals surface area contributed by atoms with Crippen LogP contribution in [0.1, 0.15) is 50.7 Å². The average Bonchev–Trinajstić information content (AvgIpc) is 3.21. The fraction of sp³-hybridized carbons (Fsp3) is 0.323. The van der Waals surface area contributed by atoms with Gasteiger partial charge in [-0.2, -0.15) is 13.2 Å². The van der Waals surface area contributed by atoms with Crippen LogP contribution in [0, 0.1) is 0 Å². The number of alkyl carbamates (subject to hydrolysis) is 1. The van der Waals surface area contributed by atoms with Crippen LogP contribution in [0.4, 0.5) is 18.0 Å². The second kappa shape index (κ2) is 13.0. The molecule has 0 unspecified atom stereocenters. The second-order valence-electron chi connectivity index (χ2n) is 11.0. The largest absolute Gasteiger partial charge is 0.491 e. The maximum Gasteiger partial charge on any atom is 0.417 e. The Labute approximate surface area is 257 Å². The summed E-state index contributed by atoms with van der Waals surface area (Å²) in [7, 11) is 0. The van der Waals surface area contributed by atoms with Gasteiger partial charge < -0.3 is 29.4 Å². The molecule has 2 heterocycles. The number of alkyl halides is 3. The molecule has 2 aromatic carbocycles. The molecule has 0 spiro atoms. The van der Waals surface area contributed by atoms with Gasteiger partial charge in [-0.1, -0.05) is 11.6 Å². The Morgan fingerprint density at radius 3 is 2.20 bits per heavy atom. The molecule has 2 aromatic heterocycles. The zero-order valence-corrected chi connectivity index (χ0v) is 25.5. The summed E-state index contributed by atoms with van der Waals surface area (Å²) < 4.78 is 57.1. The maximum atomic E-state index is 13.5. The second-order valence-corrected chi connectivity index (χ2v) is 11.4. The number of aromatic nitrogens is 2. The Hall–Kier alpha value is -4.45. The van der Waals surface area contributed by atoms with E-state index in [0.717, 1.165) is 12.1 Å². The van der Waals surface area contributed by atoms with Crippen molar-refractivity contribution in [1.82, 2.24) is 20.2 Å². The van der Waals surface area contributed by atoms with Gasteiger partial charge in [0.25, 0.3) is 5.91 Å². The number of nitrogens with zero attached hydrogens (tertiary/aromatic N) is 2. The Morgan fingerprint density at radius 2 is 1.61 bits per heavy atom. The Balaban J connectivity index is 1.64. The van der Waals surface area contributed by atoms with Crippen LogP contribution in [-0.4, -0.2) is 46.3 Å². The number of fused-ring (bicyclic) bond motifs is 1. The first-order valence-electron chi connectivity index (χ1n) is 13.7. The summed E-state index contributed by atoms with van der Waals surface area (Å²) in [5.41, 5.74) is -0.253. The molecule has 4 rings (SSSR count). The molecule has 4 aromatic rings. The van der Waals surface area contributed by atoms with E-state index in [1.807, 2.05) is 13.8 Å². The van der Waals surface area contributed by atoms with Crippen LogP contribution in [0.3, 0.4) is 0 Å². The van der Waals surface area contributed by atoms with Crippen LogP contribution in [0.15, 0.2) is 60.8 Å². The van der Waals surface area contributed by atoms with E-state index < -0.39 is 29.3 Å². The average molecular weight is 633 g/mol. The fourth-order valence-corrected chi connectivity index (χ4v) is 4.50. The van der Waals surface area contributed by atoms with E-state index >= 15 is 0 Å². The third kappa shape index (κ3) is 8.13. The number of amides is 2. The van der Waals surface area contributed by atoms with Gasteiger partial charge in [0.05, 0.1) is 22.2 Å². The molecular weight excluding hydrogens is 601 g/mol. The van der Waals surface area contributed by atoms with Gasteiger partial charge in [-0.3, -0.25) is 4.79 Å². The summed E-state index contributed by atoms with van der Waals surface area (Å²) in [6.45, 7) is 9.25. The van der Waals surface area contributed by atoms with E-state index in [-0.39, 0.29) is 41.5 Å². The molecular formula is C31H32ClF3N4O5. The van der Waals surface area contributed by atoms with Crippen molar-refractivity contribution in [2.75, 3.05) is 13.1 Å². The lowest BCUT2D eigenvalue weighted by molar-refractivity contribution is -0.137. The van der Waals surface area contributed by atoms with E-state index in [4.69, 9.17) is 25.8 Å². The first-order valence-corrected chi connectivity index (χ1v) is 14.1. The number of rotatable bonds is 9. The Bertz CT molecular complexity index is 1630. The highest BCUT2D eigenvalue weighted by atomic mass is 35.5. The summed E-state index contributed by atoms with van der Waals surface area (Å²) >= 11 is 6.80. The van der Waals surface area contributed by atoms with Crippen molar-refractivity contribution in [2.24, 2.45) is 0 Å². The molecule has 0 aliphatic heterocycles. The molecule has 0 atom stereocenters. The van der Waals surface area contributed by atoms with Crippen LogP contribution >= 0.6 is 11.6 Å². The van der Waals surface area contributed by atoms with Crippen LogP contribution in [0.5, 0.6) is 17.4 Å². The summed E-state index contributed by atoms with van der Waals surface area (Å²) in [5, 5.41) is 5.92. The van der Waals surface area contributed by atoms with Gasteiger partial charge in [-0.15, -0.1) is 0 Å². The minimum absolute atomic E-state index is 0.0316. The number of benzene rings is 2. The van der Waals surface area contributed by atoms with Gasteiger partial charge in [-0.25, -0.2) is 9.78 Å². The number of ether oxygens (including phenoxy) is 3. The highest BCUT2D eigenvalue weighted by Crippen LogP contribution is 2.37. The van der Waals surface area contributed by atoms with Crippen molar-refractivity contribution in [3.63, 3.8) is 0 Å². The van der Waals surface area contributed by atoms with Crippen LogP contribution in [-0.2, 0) is 10.9 Å². The molecule has 0 aliphatic rings. The zero-order chi connectivity index (χ0) is 32.2. The van der Waals surface area contributed by atoms with Gasteiger partial charge in [0.2, 0.25) is 5.88 Å². The standard InChI is InChI=1S/C31H32ClF3N4O5/c1-18(2)42-21-9-7-20(8-10-21)39-24-12-11-22(43-25-13-6-19(17-38-25)31(33,34)35)16-23(24)26(32)27(39)28(40)36-14-15-37-29(41)44-30(3,4)5/h6-13,16-18H,14-15H2,1-5H3,(H,36,40)(H,37,41). The zero-order valence-electron chi connectivity index (χ0n) is 24.7. The first-order chi connectivity index (χ1) is 20.6. The minimum atomic E-state index is -4.53. The Morgan fingerprint density at radius 1 is 0.955 bits per heavy atom. The monoisotopic (exact) mass is 632 g/mol. The van der Waals surface area contributed by atoms with Gasteiger partial charge in [-0.05, 0) is 83.1 Å². The van der Waals surface area contributed by atoms with Crippen LogP contribution < -0.4 is 20.1 Å². The van der Waals surface area contributed by atoms with Crippen molar-refractivity contribution in [3.05, 3.63) is 77.1 Å². The summed E-state index contributed by atoms with van der Waals surface area (Å²) in [6, 6.07) is 13.9. The van der Waals surface area contributed by atoms with E-state index in [0.29, 0.717) is 28.5 Å². The topological polar surface area (TPSA) is 104 Å². The van der Waals surface area contributed by atoms with Crippen molar-refractivity contribution in [3.8, 4) is 23.1 Å². The number of carbonyl (C=O) groups is 2. The van der Waals surface area contributed by atoms with Gasteiger partial charge in [0.1, 0.15) is 22.8 Å². The number of halogens is 4. The van der Waals surface area contributed by atoms with Crippen molar-refractivity contribution in [1.29, 1.82) is 0 Å². The number of carbonyl (C=O) groups excluding carboxylic acids is 2. The highest BCUT2D eigenvalue weighted by molar-refractivity contribution is 6.39. The van der Waals surface area contributed by atoms with Crippen LogP contribution in [0.25, 0.3) is 16.6 Å². The summed E-state index contributed by atoms with van der Waals surface area (Å²) in [5.74, 6) is 0.332. The number of hydrogen-bond donors (Lipinski definition) is 2. The van der Waals surface area contributed by atoms with Gasteiger partial charge in [0, 0.05) is 36.4 Å². The van der Waals surface area contributed by atoms with E-state index in [9.17, 15) is 22.8 Å². The molecule has 9 nitrogen and oxygen atoms in total. The van der Waals surface area contributed by atoms with Crippen molar-refractivity contribution < 1.29 is 37.0 Å². The molecule has 13 heteroatoms. The lowest BCUT2D eigenvalue weighted by atomic mass is 10.2.